The molecule has 0 aliphatic heterocycles. The summed E-state index contributed by atoms with van der Waals surface area (Å²) < 4.78 is 38.8. The molecular weight excluding hydrogens is 320 g/mol. The molecule has 0 heterocycles. The van der Waals surface area contributed by atoms with E-state index in [1.165, 1.54) is 24.3 Å². The van der Waals surface area contributed by atoms with Crippen LogP contribution in [-0.2, 0) is 4.79 Å². The maximum Gasteiger partial charge on any atom is 0.387 e. The molecule has 0 atom stereocenters. The van der Waals surface area contributed by atoms with Crippen LogP contribution in [0.25, 0.3) is 0 Å². The first kappa shape index (κ1) is 17.5. The van der Waals surface area contributed by atoms with E-state index in [-0.39, 0.29) is 24.7 Å². The summed E-state index contributed by atoms with van der Waals surface area (Å²) >= 11 is 0. The molecule has 0 aliphatic rings. The fraction of sp³-hybridized carbons (Fsp3) is 0.235. The number of alkyl halides is 2. The topological polar surface area (TPSA) is 56.8 Å². The van der Waals surface area contributed by atoms with Crippen LogP contribution < -0.4 is 19.5 Å². The minimum absolute atomic E-state index is 0.0332. The quantitative estimate of drug-likeness (QED) is 0.798. The largest absolute Gasteiger partial charge is 0.497 e. The Hall–Kier alpha value is -2.83. The lowest BCUT2D eigenvalue weighted by molar-refractivity contribution is -0.116. The van der Waals surface area contributed by atoms with E-state index in [2.05, 4.69) is 10.1 Å². The molecule has 2 aromatic carbocycles. The Balaban J connectivity index is 1.74. The third kappa shape index (κ3) is 5.75. The molecule has 5 nitrogen and oxygen atoms in total. The number of anilines is 1. The van der Waals surface area contributed by atoms with Crippen molar-refractivity contribution in [2.24, 2.45) is 0 Å². The molecule has 0 spiro atoms. The maximum atomic E-state index is 12.0. The van der Waals surface area contributed by atoms with Gasteiger partial charge in [0.25, 0.3) is 0 Å². The summed E-state index contributed by atoms with van der Waals surface area (Å²) in [6, 6.07) is 12.7. The van der Waals surface area contributed by atoms with Gasteiger partial charge in [0, 0.05) is 5.69 Å². The minimum Gasteiger partial charge on any atom is -0.497 e. The van der Waals surface area contributed by atoms with Crippen molar-refractivity contribution in [3.05, 3.63) is 48.5 Å². The predicted molar refractivity (Wildman–Crippen MR) is 84.8 cm³/mol. The maximum absolute atomic E-state index is 12.0. The molecule has 2 rings (SSSR count). The second-order valence-corrected chi connectivity index (χ2v) is 4.73. The average molecular weight is 337 g/mol. The number of hydrogen-bond acceptors (Lipinski definition) is 4. The van der Waals surface area contributed by atoms with Gasteiger partial charge >= 0.3 is 6.61 Å². The normalized spacial score (nSPS) is 10.3. The van der Waals surface area contributed by atoms with Crippen LogP contribution in [0.2, 0.25) is 0 Å². The van der Waals surface area contributed by atoms with Crippen molar-refractivity contribution in [3.8, 4) is 17.2 Å². The van der Waals surface area contributed by atoms with Crippen molar-refractivity contribution in [1.29, 1.82) is 0 Å². The summed E-state index contributed by atoms with van der Waals surface area (Å²) in [5.74, 6) is 1.15. The molecule has 0 radical (unpaired) electrons. The van der Waals surface area contributed by atoms with E-state index in [0.29, 0.717) is 11.4 Å². The van der Waals surface area contributed by atoms with Crippen LogP contribution in [0.4, 0.5) is 14.5 Å². The number of ether oxygens (including phenoxy) is 3. The second-order valence-electron chi connectivity index (χ2n) is 4.73. The standard InChI is InChI=1S/C17H17F2NO4/c1-22-13-6-8-14(9-7-13)23-11-10-16(21)20-12-2-4-15(5-3-12)24-17(18)19/h2-9,17H,10-11H2,1H3,(H,20,21). The fourth-order valence-electron chi connectivity index (χ4n) is 1.88. The number of methoxy groups -OCH3 is 1. The number of rotatable bonds is 8. The number of carbonyl (C=O) groups is 1. The highest BCUT2D eigenvalue weighted by molar-refractivity contribution is 5.90. The molecule has 24 heavy (non-hydrogen) atoms. The van der Waals surface area contributed by atoms with Gasteiger partial charge in [0.1, 0.15) is 17.2 Å². The third-order valence-electron chi connectivity index (χ3n) is 3.02. The van der Waals surface area contributed by atoms with E-state index in [0.717, 1.165) is 5.75 Å². The molecule has 0 saturated heterocycles. The molecule has 0 fully saturated rings. The monoisotopic (exact) mass is 337 g/mol. The lowest BCUT2D eigenvalue weighted by Crippen LogP contribution is -2.15. The molecular formula is C17H17F2NO4. The first-order valence-corrected chi connectivity index (χ1v) is 7.18. The van der Waals surface area contributed by atoms with Crippen molar-refractivity contribution in [2.45, 2.75) is 13.0 Å². The molecule has 7 heteroatoms. The first-order chi connectivity index (χ1) is 11.6. The predicted octanol–water partition coefficient (Wildman–Crippen LogP) is 3.70. The fourth-order valence-corrected chi connectivity index (χ4v) is 1.88. The lowest BCUT2D eigenvalue weighted by atomic mass is 10.3. The number of benzene rings is 2. The smallest absolute Gasteiger partial charge is 0.387 e. The van der Waals surface area contributed by atoms with Crippen molar-refractivity contribution >= 4 is 11.6 Å². The van der Waals surface area contributed by atoms with Gasteiger partial charge in [0.05, 0.1) is 20.1 Å². The zero-order valence-electron chi connectivity index (χ0n) is 13.0. The zero-order chi connectivity index (χ0) is 17.4. The van der Waals surface area contributed by atoms with Crippen LogP contribution >= 0.6 is 0 Å². The van der Waals surface area contributed by atoms with E-state index in [1.54, 1.807) is 31.4 Å². The highest BCUT2D eigenvalue weighted by Gasteiger charge is 2.06. The highest BCUT2D eigenvalue weighted by Crippen LogP contribution is 2.19. The van der Waals surface area contributed by atoms with Crippen molar-refractivity contribution in [3.63, 3.8) is 0 Å². The summed E-state index contributed by atoms with van der Waals surface area (Å²) in [5.41, 5.74) is 0.492. The Morgan fingerprint density at radius 2 is 1.58 bits per heavy atom. The number of hydrogen-bond donors (Lipinski definition) is 1. The van der Waals surface area contributed by atoms with Gasteiger partial charge in [-0.3, -0.25) is 4.79 Å². The lowest BCUT2D eigenvalue weighted by Gasteiger charge is -2.09. The Labute approximate surface area is 138 Å². The van der Waals surface area contributed by atoms with E-state index in [1.807, 2.05) is 0 Å². The highest BCUT2D eigenvalue weighted by atomic mass is 19.3. The van der Waals surface area contributed by atoms with Crippen LogP contribution in [0.1, 0.15) is 6.42 Å². The molecule has 0 unspecified atom stereocenters. The summed E-state index contributed by atoms with van der Waals surface area (Å²) in [6.07, 6.45) is 0.154. The van der Waals surface area contributed by atoms with Crippen LogP contribution in [0.5, 0.6) is 17.2 Å². The van der Waals surface area contributed by atoms with E-state index in [9.17, 15) is 13.6 Å². The van der Waals surface area contributed by atoms with Crippen LogP contribution in [-0.4, -0.2) is 26.2 Å². The molecule has 0 saturated carbocycles. The SMILES string of the molecule is COc1ccc(OCCC(=O)Nc2ccc(OC(F)F)cc2)cc1. The van der Waals surface area contributed by atoms with Gasteiger partial charge in [-0.1, -0.05) is 0 Å². The molecule has 0 aliphatic carbocycles. The van der Waals surface area contributed by atoms with Crippen LogP contribution in [0, 0.1) is 0 Å². The van der Waals surface area contributed by atoms with Gasteiger partial charge in [-0.2, -0.15) is 8.78 Å². The summed E-state index contributed by atoms with van der Waals surface area (Å²) in [7, 11) is 1.58. The Kier molecular flexibility index (Phi) is 6.36. The molecule has 0 bridgehead atoms. The van der Waals surface area contributed by atoms with Crippen LogP contribution in [0.3, 0.4) is 0 Å². The Bertz CT molecular complexity index is 645. The first-order valence-electron chi connectivity index (χ1n) is 7.18. The molecule has 128 valence electrons. The van der Waals surface area contributed by atoms with Crippen LogP contribution in [0.15, 0.2) is 48.5 Å². The third-order valence-corrected chi connectivity index (χ3v) is 3.02. The van der Waals surface area contributed by atoms with E-state index >= 15 is 0 Å². The number of amides is 1. The molecule has 0 aromatic heterocycles. The van der Waals surface area contributed by atoms with Gasteiger partial charge < -0.3 is 19.5 Å². The molecule has 2 aromatic rings. The number of carbonyl (C=O) groups excluding carboxylic acids is 1. The summed E-state index contributed by atoms with van der Waals surface area (Å²) in [6.45, 7) is -2.66. The summed E-state index contributed by atoms with van der Waals surface area (Å²) in [4.78, 5) is 11.8. The van der Waals surface area contributed by atoms with Gasteiger partial charge in [-0.05, 0) is 48.5 Å². The van der Waals surface area contributed by atoms with Gasteiger partial charge in [-0.25, -0.2) is 0 Å². The molecule has 1 amide bonds. The minimum atomic E-state index is -2.87. The summed E-state index contributed by atoms with van der Waals surface area (Å²) in [5, 5.41) is 2.64. The molecule has 1 N–H and O–H groups in total. The van der Waals surface area contributed by atoms with Crippen molar-refractivity contribution < 1.29 is 27.8 Å². The van der Waals surface area contributed by atoms with Gasteiger partial charge in [-0.15, -0.1) is 0 Å². The van der Waals surface area contributed by atoms with Crippen molar-refractivity contribution in [2.75, 3.05) is 19.0 Å². The zero-order valence-corrected chi connectivity index (χ0v) is 13.0. The number of halogens is 2. The van der Waals surface area contributed by atoms with E-state index in [4.69, 9.17) is 9.47 Å². The van der Waals surface area contributed by atoms with Gasteiger partial charge in [0.2, 0.25) is 5.91 Å². The number of nitrogens with one attached hydrogen (secondary N) is 1. The van der Waals surface area contributed by atoms with Gasteiger partial charge in [0.15, 0.2) is 0 Å². The Morgan fingerprint density at radius 3 is 2.17 bits per heavy atom. The second kappa shape index (κ2) is 8.71. The van der Waals surface area contributed by atoms with E-state index < -0.39 is 6.61 Å². The average Bonchev–Trinajstić information content (AvgIpc) is 2.57. The Morgan fingerprint density at radius 1 is 1.00 bits per heavy atom. The van der Waals surface area contributed by atoms with Crippen molar-refractivity contribution in [1.82, 2.24) is 0 Å².